The lowest BCUT2D eigenvalue weighted by Crippen LogP contribution is -2.00. The molecule has 0 radical (unpaired) electrons. The first-order valence-corrected chi connectivity index (χ1v) is 5.05. The highest BCUT2D eigenvalue weighted by Crippen LogP contribution is 2.19. The molecule has 2 rings (SSSR count). The highest BCUT2D eigenvalue weighted by Gasteiger charge is 2.05. The van der Waals surface area contributed by atoms with E-state index >= 15 is 0 Å². The van der Waals surface area contributed by atoms with E-state index in [0.29, 0.717) is 5.56 Å². The van der Waals surface area contributed by atoms with Crippen LogP contribution in [0.4, 0.5) is 11.5 Å². The van der Waals surface area contributed by atoms with Crippen molar-refractivity contribution in [3.8, 4) is 0 Å². The predicted octanol–water partition coefficient (Wildman–Crippen LogP) is 3.03. The molecule has 2 aromatic rings. The molecule has 80 valence electrons. The van der Waals surface area contributed by atoms with E-state index < -0.39 is 0 Å². The number of nitrogens with one attached hydrogen (secondary N) is 1. The Bertz CT molecular complexity index is 494. The van der Waals surface area contributed by atoms with Crippen molar-refractivity contribution >= 4 is 17.3 Å². The van der Waals surface area contributed by atoms with Gasteiger partial charge in [-0.3, -0.25) is 4.79 Å². The van der Waals surface area contributed by atoms with Crippen molar-refractivity contribution in [1.29, 1.82) is 0 Å². The van der Waals surface area contributed by atoms with Gasteiger partial charge in [-0.25, -0.2) is 4.98 Å². The summed E-state index contributed by atoms with van der Waals surface area (Å²) >= 11 is 0. The Balaban J connectivity index is 2.31. The minimum Gasteiger partial charge on any atom is -0.340 e. The molecule has 1 aromatic heterocycles. The van der Waals surface area contributed by atoms with E-state index in [1.54, 1.807) is 19.2 Å². The van der Waals surface area contributed by atoms with Crippen LogP contribution < -0.4 is 5.32 Å². The quantitative estimate of drug-likeness (QED) is 0.795. The summed E-state index contributed by atoms with van der Waals surface area (Å²) in [4.78, 5) is 15.5. The van der Waals surface area contributed by atoms with E-state index in [2.05, 4.69) is 10.3 Å². The third-order valence-corrected chi connectivity index (χ3v) is 2.23. The minimum atomic E-state index is 0.0408. The number of ketones is 1. The summed E-state index contributed by atoms with van der Waals surface area (Å²) in [6.45, 7) is 1.55. The molecule has 0 aliphatic rings. The van der Waals surface area contributed by atoms with Crippen LogP contribution in [0.15, 0.2) is 48.7 Å². The molecule has 0 aliphatic carbocycles. The van der Waals surface area contributed by atoms with Gasteiger partial charge in [-0.05, 0) is 31.2 Å². The van der Waals surface area contributed by atoms with E-state index in [-0.39, 0.29) is 5.78 Å². The van der Waals surface area contributed by atoms with E-state index in [4.69, 9.17) is 0 Å². The molecule has 0 bridgehead atoms. The van der Waals surface area contributed by atoms with Crippen LogP contribution in [0.25, 0.3) is 0 Å². The fourth-order valence-electron chi connectivity index (χ4n) is 1.47. The van der Waals surface area contributed by atoms with Crippen LogP contribution in [0.5, 0.6) is 0 Å². The smallest absolute Gasteiger partial charge is 0.161 e. The predicted molar refractivity (Wildman–Crippen MR) is 64.0 cm³/mol. The van der Waals surface area contributed by atoms with Crippen LogP contribution in [-0.2, 0) is 0 Å². The van der Waals surface area contributed by atoms with Gasteiger partial charge in [0.25, 0.3) is 0 Å². The summed E-state index contributed by atoms with van der Waals surface area (Å²) < 4.78 is 0. The van der Waals surface area contributed by atoms with Gasteiger partial charge in [0.05, 0.1) is 5.69 Å². The zero-order valence-electron chi connectivity index (χ0n) is 8.97. The molecule has 16 heavy (non-hydrogen) atoms. The van der Waals surface area contributed by atoms with Crippen LogP contribution >= 0.6 is 0 Å². The fraction of sp³-hybridized carbons (Fsp3) is 0.0769. The van der Waals surface area contributed by atoms with Gasteiger partial charge < -0.3 is 5.32 Å². The second kappa shape index (κ2) is 4.57. The van der Waals surface area contributed by atoms with Gasteiger partial charge in [-0.15, -0.1) is 0 Å². The molecule has 1 heterocycles. The van der Waals surface area contributed by atoms with Gasteiger partial charge in [0.2, 0.25) is 0 Å². The van der Waals surface area contributed by atoms with E-state index in [9.17, 15) is 4.79 Å². The first-order chi connectivity index (χ1) is 7.77. The van der Waals surface area contributed by atoms with E-state index in [1.165, 1.54) is 0 Å². The average molecular weight is 212 g/mol. The van der Waals surface area contributed by atoms with Crippen molar-refractivity contribution in [1.82, 2.24) is 4.98 Å². The molecule has 0 atom stereocenters. The number of anilines is 2. The number of hydrogen-bond acceptors (Lipinski definition) is 3. The van der Waals surface area contributed by atoms with E-state index in [1.807, 2.05) is 36.4 Å². The number of rotatable bonds is 3. The maximum Gasteiger partial charge on any atom is 0.161 e. The topological polar surface area (TPSA) is 42.0 Å². The fourth-order valence-corrected chi connectivity index (χ4v) is 1.47. The van der Waals surface area contributed by atoms with Gasteiger partial charge >= 0.3 is 0 Å². The summed E-state index contributed by atoms with van der Waals surface area (Å²) in [7, 11) is 0. The molecule has 0 spiro atoms. The zero-order chi connectivity index (χ0) is 11.4. The monoisotopic (exact) mass is 212 g/mol. The average Bonchev–Trinajstić information content (AvgIpc) is 2.31. The van der Waals surface area contributed by atoms with Gasteiger partial charge in [0.15, 0.2) is 5.78 Å². The van der Waals surface area contributed by atoms with E-state index in [0.717, 1.165) is 11.5 Å². The lowest BCUT2D eigenvalue weighted by Gasteiger charge is -2.08. The maximum absolute atomic E-state index is 11.4. The van der Waals surface area contributed by atoms with Crippen LogP contribution in [-0.4, -0.2) is 10.8 Å². The summed E-state index contributed by atoms with van der Waals surface area (Å²) in [5, 5.41) is 3.12. The second-order valence-corrected chi connectivity index (χ2v) is 3.44. The van der Waals surface area contributed by atoms with Crippen LogP contribution in [0.3, 0.4) is 0 Å². The number of para-hydroxylation sites is 1. The first kappa shape index (κ1) is 10.4. The number of hydrogen-bond donors (Lipinski definition) is 1. The normalized spacial score (nSPS) is 9.81. The van der Waals surface area contributed by atoms with Gasteiger partial charge in [-0.2, -0.15) is 0 Å². The number of carbonyl (C=O) groups excluding carboxylic acids is 1. The third kappa shape index (κ3) is 2.25. The summed E-state index contributed by atoms with van der Waals surface area (Å²) in [6.07, 6.45) is 1.71. The lowest BCUT2D eigenvalue weighted by atomic mass is 10.1. The molecular weight excluding hydrogens is 200 g/mol. The number of nitrogens with zero attached hydrogens (tertiary/aromatic N) is 1. The Labute approximate surface area is 94.1 Å². The van der Waals surface area contributed by atoms with Gasteiger partial charge in [0.1, 0.15) is 5.82 Å². The van der Waals surface area contributed by atoms with Crippen molar-refractivity contribution in [2.24, 2.45) is 0 Å². The maximum atomic E-state index is 11.4. The molecule has 0 aliphatic heterocycles. The summed E-state index contributed by atoms with van der Waals surface area (Å²) in [5.74, 6) is 0.773. The largest absolute Gasteiger partial charge is 0.340 e. The molecule has 3 nitrogen and oxygen atoms in total. The highest BCUT2D eigenvalue weighted by molar-refractivity contribution is 6.00. The third-order valence-electron chi connectivity index (χ3n) is 2.23. The number of aromatic nitrogens is 1. The standard InChI is InChI=1S/C13H12N2O/c1-10(16)11-6-2-3-7-12(11)15-13-8-4-5-9-14-13/h2-9H,1H3,(H,14,15). The number of pyridine rings is 1. The van der Waals surface area contributed by atoms with Crippen LogP contribution in [0, 0.1) is 0 Å². The Hall–Kier alpha value is -2.16. The molecule has 0 unspecified atom stereocenters. The zero-order valence-corrected chi connectivity index (χ0v) is 8.97. The highest BCUT2D eigenvalue weighted by atomic mass is 16.1. The molecule has 0 saturated carbocycles. The molecule has 3 heteroatoms. The van der Waals surface area contributed by atoms with Crippen molar-refractivity contribution in [3.63, 3.8) is 0 Å². The first-order valence-electron chi connectivity index (χ1n) is 5.05. The number of Topliss-reactive ketones (excluding diaryl/α,β-unsaturated/α-hetero) is 1. The van der Waals surface area contributed by atoms with Crippen molar-refractivity contribution in [3.05, 3.63) is 54.2 Å². The number of carbonyl (C=O) groups is 1. The van der Waals surface area contributed by atoms with Crippen molar-refractivity contribution in [2.75, 3.05) is 5.32 Å². The molecular formula is C13H12N2O. The Morgan fingerprint density at radius 2 is 1.88 bits per heavy atom. The van der Waals surface area contributed by atoms with Crippen molar-refractivity contribution < 1.29 is 4.79 Å². The summed E-state index contributed by atoms with van der Waals surface area (Å²) in [5.41, 5.74) is 1.46. The Morgan fingerprint density at radius 3 is 2.56 bits per heavy atom. The van der Waals surface area contributed by atoms with Crippen molar-refractivity contribution in [2.45, 2.75) is 6.92 Å². The SMILES string of the molecule is CC(=O)c1ccccc1Nc1ccccn1. The molecule has 0 saturated heterocycles. The second-order valence-electron chi connectivity index (χ2n) is 3.44. The van der Waals surface area contributed by atoms with Crippen LogP contribution in [0.2, 0.25) is 0 Å². The minimum absolute atomic E-state index is 0.0408. The summed E-state index contributed by atoms with van der Waals surface area (Å²) in [6, 6.07) is 13.0. The molecule has 1 N–H and O–H groups in total. The molecule has 0 fully saturated rings. The molecule has 0 amide bonds. The van der Waals surface area contributed by atoms with Gasteiger partial charge in [-0.1, -0.05) is 18.2 Å². The Morgan fingerprint density at radius 1 is 1.12 bits per heavy atom. The van der Waals surface area contributed by atoms with Gasteiger partial charge in [0, 0.05) is 11.8 Å². The Kier molecular flexibility index (Phi) is 2.96. The lowest BCUT2D eigenvalue weighted by molar-refractivity contribution is 0.101. The molecule has 1 aromatic carbocycles. The van der Waals surface area contributed by atoms with Crippen LogP contribution in [0.1, 0.15) is 17.3 Å². The number of benzene rings is 1.